The van der Waals surface area contributed by atoms with E-state index in [1.54, 1.807) is 23.1 Å². The number of thioether (sulfide) groups is 1. The number of aromatic amines is 1. The molecule has 0 aliphatic rings. The molecule has 0 fully saturated rings. The van der Waals surface area contributed by atoms with E-state index < -0.39 is 0 Å². The molecule has 158 valence electrons. The fraction of sp³-hybridized carbons (Fsp3) is 0.318. The number of rotatable bonds is 9. The Balaban J connectivity index is 1.69. The lowest BCUT2D eigenvalue weighted by Crippen LogP contribution is -2.34. The first-order chi connectivity index (χ1) is 14.5. The molecule has 0 atom stereocenters. The molecule has 0 saturated heterocycles. The molecule has 0 unspecified atom stereocenters. The Morgan fingerprint density at radius 3 is 2.67 bits per heavy atom. The molecule has 1 aromatic heterocycles. The number of aromatic nitrogens is 2. The number of hydrogen-bond donors (Lipinski definition) is 1. The Morgan fingerprint density at radius 1 is 1.20 bits per heavy atom. The molecule has 0 aliphatic carbocycles. The molecular formula is C22H24ClN3O3S. The minimum Gasteiger partial charge on any atom is -0.494 e. The van der Waals surface area contributed by atoms with Crippen molar-refractivity contribution in [3.63, 3.8) is 0 Å². The first kappa shape index (κ1) is 22.2. The van der Waals surface area contributed by atoms with Gasteiger partial charge in [-0.1, -0.05) is 18.5 Å². The lowest BCUT2D eigenvalue weighted by Gasteiger charge is -2.21. The monoisotopic (exact) mass is 445 g/mol. The summed E-state index contributed by atoms with van der Waals surface area (Å²) in [5, 5.41) is 0.988. The summed E-state index contributed by atoms with van der Waals surface area (Å²) >= 11 is 7.50. The van der Waals surface area contributed by atoms with Gasteiger partial charge in [-0.05, 0) is 55.8 Å². The molecule has 0 aliphatic heterocycles. The average molecular weight is 446 g/mol. The van der Waals surface area contributed by atoms with Crippen LogP contribution in [-0.2, 0) is 11.3 Å². The smallest absolute Gasteiger partial charge is 0.258 e. The number of H-pyrrole nitrogens is 1. The van der Waals surface area contributed by atoms with Gasteiger partial charge < -0.3 is 14.6 Å². The summed E-state index contributed by atoms with van der Waals surface area (Å²) in [5.74, 6) is 1.55. The topological polar surface area (TPSA) is 75.3 Å². The summed E-state index contributed by atoms with van der Waals surface area (Å²) in [6, 6.07) is 12.6. The van der Waals surface area contributed by atoms with Crippen LogP contribution in [0.3, 0.4) is 0 Å². The molecule has 1 heterocycles. The third kappa shape index (κ3) is 5.77. The number of nitrogens with one attached hydrogen (secondary N) is 1. The molecule has 3 rings (SSSR count). The van der Waals surface area contributed by atoms with Crippen LogP contribution in [0.4, 0.5) is 0 Å². The zero-order valence-electron chi connectivity index (χ0n) is 17.0. The van der Waals surface area contributed by atoms with Gasteiger partial charge in [0.1, 0.15) is 11.6 Å². The van der Waals surface area contributed by atoms with Gasteiger partial charge in [-0.3, -0.25) is 9.59 Å². The van der Waals surface area contributed by atoms with E-state index in [2.05, 4.69) is 9.97 Å². The third-order valence-corrected chi connectivity index (χ3v) is 5.63. The summed E-state index contributed by atoms with van der Waals surface area (Å²) in [7, 11) is 0. The van der Waals surface area contributed by atoms with Crippen molar-refractivity contribution in [2.75, 3.05) is 18.9 Å². The standard InChI is InChI=1S/C22H24ClN3O3S/c1-3-11-26(21(27)14-30-17-8-6-16(7-9-17)29-4-2)13-20-24-19-12-15(23)5-10-18(19)22(28)25-20/h5-10,12H,3-4,11,13-14H2,1-2H3,(H,24,25,28). The number of amides is 1. The van der Waals surface area contributed by atoms with Crippen molar-refractivity contribution in [1.29, 1.82) is 0 Å². The molecule has 2 aromatic carbocycles. The molecule has 0 radical (unpaired) electrons. The molecule has 6 nitrogen and oxygen atoms in total. The first-order valence-electron chi connectivity index (χ1n) is 9.82. The number of benzene rings is 2. The first-order valence-corrected chi connectivity index (χ1v) is 11.2. The Labute approximate surface area is 184 Å². The van der Waals surface area contributed by atoms with Crippen molar-refractivity contribution in [1.82, 2.24) is 14.9 Å². The van der Waals surface area contributed by atoms with E-state index in [1.807, 2.05) is 38.1 Å². The van der Waals surface area contributed by atoms with Gasteiger partial charge in [0.25, 0.3) is 5.56 Å². The van der Waals surface area contributed by atoms with Crippen LogP contribution >= 0.6 is 23.4 Å². The van der Waals surface area contributed by atoms with Crippen LogP contribution in [0.1, 0.15) is 26.1 Å². The van der Waals surface area contributed by atoms with Gasteiger partial charge in [0.2, 0.25) is 5.91 Å². The van der Waals surface area contributed by atoms with E-state index >= 15 is 0 Å². The third-order valence-electron chi connectivity index (χ3n) is 4.40. The highest BCUT2D eigenvalue weighted by atomic mass is 35.5. The fourth-order valence-electron chi connectivity index (χ4n) is 3.01. The van der Waals surface area contributed by atoms with Crippen molar-refractivity contribution >= 4 is 40.2 Å². The molecule has 1 N–H and O–H groups in total. The van der Waals surface area contributed by atoms with E-state index in [-0.39, 0.29) is 18.0 Å². The van der Waals surface area contributed by atoms with Gasteiger partial charge in [0.05, 0.1) is 29.8 Å². The van der Waals surface area contributed by atoms with E-state index in [0.717, 1.165) is 17.1 Å². The summed E-state index contributed by atoms with van der Waals surface area (Å²) in [6.07, 6.45) is 0.809. The van der Waals surface area contributed by atoms with Crippen molar-refractivity contribution in [2.45, 2.75) is 31.7 Å². The SMILES string of the molecule is CCCN(Cc1nc2cc(Cl)ccc2c(=O)[nH]1)C(=O)CSc1ccc(OCC)cc1. The summed E-state index contributed by atoms with van der Waals surface area (Å²) < 4.78 is 5.44. The highest BCUT2D eigenvalue weighted by Gasteiger charge is 2.16. The molecule has 3 aromatic rings. The maximum Gasteiger partial charge on any atom is 0.258 e. The number of hydrogen-bond acceptors (Lipinski definition) is 5. The maximum absolute atomic E-state index is 12.8. The normalized spacial score (nSPS) is 10.9. The van der Waals surface area contributed by atoms with E-state index in [4.69, 9.17) is 16.3 Å². The molecule has 8 heteroatoms. The summed E-state index contributed by atoms with van der Waals surface area (Å²) in [5.41, 5.74) is 0.285. The van der Waals surface area contributed by atoms with Crippen LogP contribution in [0, 0.1) is 0 Å². The predicted molar refractivity (Wildman–Crippen MR) is 121 cm³/mol. The molecule has 0 saturated carbocycles. The second-order valence-electron chi connectivity index (χ2n) is 6.68. The summed E-state index contributed by atoms with van der Waals surface area (Å²) in [4.78, 5) is 35.2. The zero-order valence-corrected chi connectivity index (χ0v) is 18.6. The Morgan fingerprint density at radius 2 is 1.97 bits per heavy atom. The van der Waals surface area contributed by atoms with Crippen LogP contribution in [0.2, 0.25) is 5.02 Å². The predicted octanol–water partition coefficient (Wildman–Crippen LogP) is 4.51. The molecule has 0 spiro atoms. The van der Waals surface area contributed by atoms with Crippen LogP contribution in [0.5, 0.6) is 5.75 Å². The molecule has 30 heavy (non-hydrogen) atoms. The minimum atomic E-state index is -0.237. The van der Waals surface area contributed by atoms with Crippen molar-refractivity contribution in [3.8, 4) is 5.75 Å². The lowest BCUT2D eigenvalue weighted by molar-refractivity contribution is -0.129. The van der Waals surface area contributed by atoms with E-state index in [0.29, 0.717) is 40.7 Å². The zero-order chi connectivity index (χ0) is 21.5. The van der Waals surface area contributed by atoms with Gasteiger partial charge in [-0.2, -0.15) is 0 Å². The van der Waals surface area contributed by atoms with E-state index in [9.17, 15) is 9.59 Å². The van der Waals surface area contributed by atoms with Crippen LogP contribution in [0.25, 0.3) is 10.9 Å². The number of fused-ring (bicyclic) bond motifs is 1. The van der Waals surface area contributed by atoms with E-state index in [1.165, 1.54) is 11.8 Å². The number of ether oxygens (including phenoxy) is 1. The van der Waals surface area contributed by atoms with Gasteiger partial charge in [0, 0.05) is 16.5 Å². The Kier molecular flexibility index (Phi) is 7.76. The van der Waals surface area contributed by atoms with Crippen LogP contribution in [-0.4, -0.2) is 39.7 Å². The van der Waals surface area contributed by atoms with Crippen molar-refractivity contribution in [2.24, 2.45) is 0 Å². The number of nitrogens with zero attached hydrogens (tertiary/aromatic N) is 2. The van der Waals surface area contributed by atoms with Crippen molar-refractivity contribution < 1.29 is 9.53 Å². The number of carbonyl (C=O) groups excluding carboxylic acids is 1. The summed E-state index contributed by atoms with van der Waals surface area (Å²) in [6.45, 7) is 5.40. The second kappa shape index (κ2) is 10.5. The van der Waals surface area contributed by atoms with Crippen molar-refractivity contribution in [3.05, 3.63) is 63.7 Å². The molecule has 0 bridgehead atoms. The largest absolute Gasteiger partial charge is 0.494 e. The van der Waals surface area contributed by atoms with Gasteiger partial charge >= 0.3 is 0 Å². The molecular weight excluding hydrogens is 422 g/mol. The fourth-order valence-corrected chi connectivity index (χ4v) is 3.98. The molecule has 1 amide bonds. The minimum absolute atomic E-state index is 0.00965. The lowest BCUT2D eigenvalue weighted by atomic mass is 10.2. The quantitative estimate of drug-likeness (QED) is 0.490. The Bertz CT molecular complexity index is 1070. The second-order valence-corrected chi connectivity index (χ2v) is 8.17. The highest BCUT2D eigenvalue weighted by molar-refractivity contribution is 8.00. The Hall–Kier alpha value is -2.51. The van der Waals surface area contributed by atoms with Crippen LogP contribution in [0.15, 0.2) is 52.2 Å². The average Bonchev–Trinajstić information content (AvgIpc) is 2.72. The maximum atomic E-state index is 12.8. The number of halogens is 1. The van der Waals surface area contributed by atoms with Gasteiger partial charge in [-0.25, -0.2) is 4.98 Å². The van der Waals surface area contributed by atoms with Crippen LogP contribution < -0.4 is 10.3 Å². The highest BCUT2D eigenvalue weighted by Crippen LogP contribution is 2.22. The van der Waals surface area contributed by atoms with Gasteiger partial charge in [0.15, 0.2) is 0 Å². The van der Waals surface area contributed by atoms with Gasteiger partial charge in [-0.15, -0.1) is 11.8 Å². The number of carbonyl (C=O) groups is 1.